The molecule has 466 valence electrons. The van der Waals surface area contributed by atoms with Crippen LogP contribution in [0.1, 0.15) is 97.2 Å². The van der Waals surface area contributed by atoms with Crippen molar-refractivity contribution in [3.63, 3.8) is 0 Å². The van der Waals surface area contributed by atoms with E-state index >= 15 is 0 Å². The number of hydrogen-bond acceptors (Lipinski definition) is 2. The smallest absolute Gasteiger partial charge is 0.0714 e. The number of fused-ring (bicyclic) bond motifs is 14. The molecule has 4 aliphatic carbocycles. The molecule has 15 aromatic rings. The van der Waals surface area contributed by atoms with Gasteiger partial charge in [0.05, 0.1) is 5.41 Å². The highest BCUT2D eigenvalue weighted by atomic mass is 15.1. The van der Waals surface area contributed by atoms with Gasteiger partial charge in [0, 0.05) is 50.4 Å². The van der Waals surface area contributed by atoms with Crippen LogP contribution in [0.15, 0.2) is 328 Å². The topological polar surface area (TPSA) is 6.48 Å². The van der Waals surface area contributed by atoms with Crippen molar-refractivity contribution in [1.29, 1.82) is 0 Å². The van der Waals surface area contributed by atoms with E-state index in [4.69, 9.17) is 0 Å². The normalized spacial score (nSPS) is 14.8. The molecule has 0 bridgehead atoms. The van der Waals surface area contributed by atoms with Gasteiger partial charge < -0.3 is 9.80 Å². The molecule has 0 saturated heterocycles. The summed E-state index contributed by atoms with van der Waals surface area (Å²) >= 11 is 0. The van der Waals surface area contributed by atoms with Crippen LogP contribution in [0.4, 0.5) is 34.1 Å². The Morgan fingerprint density at radius 3 is 0.888 bits per heavy atom. The van der Waals surface area contributed by atoms with E-state index in [9.17, 15) is 0 Å². The first-order valence-corrected chi connectivity index (χ1v) is 34.7. The van der Waals surface area contributed by atoms with E-state index in [0.29, 0.717) is 0 Å². The molecule has 0 amide bonds. The highest BCUT2D eigenvalue weighted by molar-refractivity contribution is 6.23. The third kappa shape index (κ3) is 8.28. The van der Waals surface area contributed by atoms with E-state index < -0.39 is 5.41 Å². The Morgan fingerprint density at radius 1 is 0.194 bits per heavy atom. The second-order valence-electron chi connectivity index (χ2n) is 29.1. The lowest BCUT2D eigenvalue weighted by Crippen LogP contribution is -2.28. The van der Waals surface area contributed by atoms with Crippen LogP contribution in [0, 0.1) is 0 Å². The Bertz CT molecular complexity index is 5740. The summed E-state index contributed by atoms with van der Waals surface area (Å²) in [6, 6.07) is 124. The molecule has 2 nitrogen and oxygen atoms in total. The van der Waals surface area contributed by atoms with Crippen molar-refractivity contribution in [1.82, 2.24) is 0 Å². The SMILES string of the molecule is CC1(C)c2ccccc2-c2ccc(-c3c4ccc(N(c5ccccc5)c5ccc6c(c5)C(c5ccccc5)(c5ccccc5)c5ccccc5-6)cc4c(-c4ccc5c(c4)C(C)(C)c4ccccc4-5)c4ccc(N(c5ccccc5)c5ccc6c(c5)C(C)(C)c5ccccc5-6)cc34)cc21. The molecule has 0 radical (unpaired) electrons. The van der Waals surface area contributed by atoms with Crippen molar-refractivity contribution < 1.29 is 0 Å². The van der Waals surface area contributed by atoms with Gasteiger partial charge in [-0.2, -0.15) is 0 Å². The average molecular weight is 1250 g/mol. The van der Waals surface area contributed by atoms with Gasteiger partial charge >= 0.3 is 0 Å². The lowest BCUT2D eigenvalue weighted by atomic mass is 9.67. The molecule has 0 aromatic heterocycles. The van der Waals surface area contributed by atoms with Gasteiger partial charge in [0.2, 0.25) is 0 Å². The maximum absolute atomic E-state index is 2.54. The van der Waals surface area contributed by atoms with Crippen molar-refractivity contribution in [2.24, 2.45) is 0 Å². The molecule has 0 heterocycles. The predicted octanol–water partition coefficient (Wildman–Crippen LogP) is 25.5. The van der Waals surface area contributed by atoms with Gasteiger partial charge in [-0.25, -0.2) is 0 Å². The molecule has 2 heteroatoms. The number of para-hydroxylation sites is 2. The zero-order chi connectivity index (χ0) is 65.8. The fourth-order valence-corrected chi connectivity index (χ4v) is 18.3. The summed E-state index contributed by atoms with van der Waals surface area (Å²) in [5.74, 6) is 0. The summed E-state index contributed by atoms with van der Waals surface area (Å²) < 4.78 is 0. The van der Waals surface area contributed by atoms with Crippen molar-refractivity contribution >= 4 is 55.7 Å². The Hall–Kier alpha value is -11.6. The fraction of sp³-hybridized carbons (Fsp3) is 0.104. The molecular weight excluding hydrogens is 1180 g/mol. The highest BCUT2D eigenvalue weighted by Crippen LogP contribution is 2.60. The van der Waals surface area contributed by atoms with Gasteiger partial charge in [0.15, 0.2) is 0 Å². The van der Waals surface area contributed by atoms with E-state index in [-0.39, 0.29) is 16.2 Å². The molecule has 4 aliphatic rings. The van der Waals surface area contributed by atoms with Crippen molar-refractivity contribution in [3.8, 4) is 66.8 Å². The van der Waals surface area contributed by atoms with Gasteiger partial charge in [-0.15, -0.1) is 0 Å². The Labute approximate surface area is 575 Å². The summed E-state index contributed by atoms with van der Waals surface area (Å²) in [5, 5.41) is 4.77. The van der Waals surface area contributed by atoms with Crippen molar-refractivity contribution in [2.75, 3.05) is 9.80 Å². The number of nitrogens with zero attached hydrogens (tertiary/aromatic N) is 2. The fourth-order valence-electron chi connectivity index (χ4n) is 18.3. The van der Waals surface area contributed by atoms with Crippen LogP contribution in [0.2, 0.25) is 0 Å². The van der Waals surface area contributed by atoms with E-state index in [0.717, 1.165) is 34.1 Å². The molecule has 0 spiro atoms. The van der Waals surface area contributed by atoms with Gasteiger partial charge in [-0.05, 0) is 229 Å². The lowest BCUT2D eigenvalue weighted by molar-refractivity contribution is 0.660. The molecule has 19 rings (SSSR count). The van der Waals surface area contributed by atoms with Crippen molar-refractivity contribution in [3.05, 3.63) is 383 Å². The van der Waals surface area contributed by atoms with Gasteiger partial charge in [-0.3, -0.25) is 0 Å². The second-order valence-corrected chi connectivity index (χ2v) is 29.1. The Balaban J connectivity index is 0.899. The summed E-state index contributed by atoms with van der Waals surface area (Å²) in [7, 11) is 0. The van der Waals surface area contributed by atoms with Crippen LogP contribution < -0.4 is 9.80 Å². The van der Waals surface area contributed by atoms with Crippen LogP contribution in [-0.4, -0.2) is 0 Å². The molecule has 0 unspecified atom stereocenters. The first-order chi connectivity index (χ1) is 47.9. The maximum Gasteiger partial charge on any atom is 0.0714 e. The summed E-state index contributed by atoms with van der Waals surface area (Å²) in [6.45, 7) is 14.4. The zero-order valence-electron chi connectivity index (χ0n) is 56.1. The van der Waals surface area contributed by atoms with Crippen LogP contribution in [0.5, 0.6) is 0 Å². The monoisotopic (exact) mass is 1250 g/mol. The highest BCUT2D eigenvalue weighted by Gasteiger charge is 2.47. The second kappa shape index (κ2) is 21.5. The molecule has 0 atom stereocenters. The van der Waals surface area contributed by atoms with Crippen LogP contribution in [-0.2, 0) is 21.7 Å². The molecule has 0 fully saturated rings. The Morgan fingerprint density at radius 2 is 0.480 bits per heavy atom. The lowest BCUT2D eigenvalue weighted by Gasteiger charge is -2.35. The number of anilines is 6. The van der Waals surface area contributed by atoms with Gasteiger partial charge in [0.25, 0.3) is 0 Å². The molecule has 0 aliphatic heterocycles. The number of benzene rings is 15. The van der Waals surface area contributed by atoms with Crippen LogP contribution >= 0.6 is 0 Å². The minimum atomic E-state index is -0.581. The Kier molecular flexibility index (Phi) is 12.7. The van der Waals surface area contributed by atoms with Crippen molar-refractivity contribution in [2.45, 2.75) is 63.2 Å². The van der Waals surface area contributed by atoms with Crippen LogP contribution in [0.25, 0.3) is 88.3 Å². The standard InChI is InChI=1S/C96H72N2/c1-93(2)83-39-23-19-35-71(83)75-49-43-61(55-87(75)93)91-80-54-48-68(98(66-33-17-10-18-34-66)70-46-52-78-74-38-22-26-42-86(74)96(90(78)60-70,63-27-11-7-12-28-63)64-29-13-8-14-30-64)58-82(80)92(62-44-50-76-72-36-20-24-40-84(72)94(3,4)88(76)56-62)79-53-47-67(57-81(79)91)97(65-31-15-9-16-32-65)69-45-51-77-73-37-21-25-41-85(73)95(5,6)89(77)59-69/h7-60H,1-6H3. The molecule has 98 heavy (non-hydrogen) atoms. The molecule has 15 aromatic carbocycles. The maximum atomic E-state index is 2.54. The first-order valence-electron chi connectivity index (χ1n) is 34.7. The van der Waals surface area contributed by atoms with E-state index in [1.54, 1.807) is 0 Å². The third-order valence-corrected chi connectivity index (χ3v) is 22.9. The molecule has 0 saturated carbocycles. The van der Waals surface area contributed by atoms with E-state index in [2.05, 4.69) is 379 Å². The number of rotatable bonds is 10. The molecule has 0 N–H and O–H groups in total. The summed E-state index contributed by atoms with van der Waals surface area (Å²) in [5.41, 5.74) is 33.7. The minimum absolute atomic E-state index is 0.183. The van der Waals surface area contributed by atoms with Gasteiger partial charge in [-0.1, -0.05) is 284 Å². The van der Waals surface area contributed by atoms with E-state index in [1.165, 1.54) is 144 Å². The van der Waals surface area contributed by atoms with E-state index in [1.807, 2.05) is 0 Å². The predicted molar refractivity (Wildman–Crippen MR) is 412 cm³/mol. The largest absolute Gasteiger partial charge is 0.310 e. The minimum Gasteiger partial charge on any atom is -0.310 e. The third-order valence-electron chi connectivity index (χ3n) is 22.9. The molecular formula is C96H72N2. The van der Waals surface area contributed by atoms with Gasteiger partial charge in [0.1, 0.15) is 0 Å². The number of hydrogen-bond donors (Lipinski definition) is 0. The first kappa shape index (κ1) is 57.8. The quantitative estimate of drug-likeness (QED) is 0.126. The summed E-state index contributed by atoms with van der Waals surface area (Å²) in [6.07, 6.45) is 0. The summed E-state index contributed by atoms with van der Waals surface area (Å²) in [4.78, 5) is 5.00. The average Bonchev–Trinajstić information content (AvgIpc) is 1.39. The zero-order valence-corrected chi connectivity index (χ0v) is 56.1. The van der Waals surface area contributed by atoms with Crippen LogP contribution in [0.3, 0.4) is 0 Å².